The van der Waals surface area contributed by atoms with E-state index in [0.717, 1.165) is 25.2 Å². The van der Waals surface area contributed by atoms with Gasteiger partial charge in [0.2, 0.25) is 5.43 Å². The van der Waals surface area contributed by atoms with Gasteiger partial charge in [-0.2, -0.15) is 0 Å². The van der Waals surface area contributed by atoms with Gasteiger partial charge in [0.15, 0.2) is 0 Å². The molecule has 33 heavy (non-hydrogen) atoms. The first-order valence-electron chi connectivity index (χ1n) is 11.6. The Kier molecular flexibility index (Phi) is 8.60. The molecular weight excluding hydrogens is 416 g/mol. The first-order valence-corrected chi connectivity index (χ1v) is 11.6. The van der Waals surface area contributed by atoms with E-state index in [-0.39, 0.29) is 17.0 Å². The highest BCUT2D eigenvalue weighted by atomic mass is 16.2. The van der Waals surface area contributed by atoms with Crippen LogP contribution in [-0.4, -0.2) is 65.4 Å². The van der Waals surface area contributed by atoms with Crippen LogP contribution in [0.15, 0.2) is 53.6 Å². The van der Waals surface area contributed by atoms with Gasteiger partial charge in [-0.25, -0.2) is 0 Å². The van der Waals surface area contributed by atoms with Crippen LogP contribution in [0.5, 0.6) is 0 Å². The Morgan fingerprint density at radius 2 is 1.70 bits per heavy atom. The van der Waals surface area contributed by atoms with Crippen molar-refractivity contribution in [2.75, 3.05) is 39.3 Å². The average molecular weight is 451 g/mol. The molecule has 1 aliphatic rings. The zero-order valence-corrected chi connectivity index (χ0v) is 19.8. The Labute approximate surface area is 195 Å². The third-order valence-corrected chi connectivity index (χ3v) is 5.60. The number of nitrogens with one attached hydrogen (secondary N) is 1. The minimum atomic E-state index is -0.501. The van der Waals surface area contributed by atoms with E-state index >= 15 is 0 Å². The third-order valence-electron chi connectivity index (χ3n) is 5.60. The molecule has 7 nitrogen and oxygen atoms in total. The highest BCUT2D eigenvalue weighted by Gasteiger charge is 2.26. The van der Waals surface area contributed by atoms with Crippen molar-refractivity contribution in [2.24, 2.45) is 5.92 Å². The number of piperazine rings is 1. The fourth-order valence-corrected chi connectivity index (χ4v) is 3.93. The predicted octanol–water partition coefficient (Wildman–Crippen LogP) is 2.73. The minimum absolute atomic E-state index is 0.0213. The van der Waals surface area contributed by atoms with Crippen LogP contribution in [0.25, 0.3) is 6.08 Å². The number of pyridine rings is 1. The number of carbonyl (C=O) groups is 2. The van der Waals surface area contributed by atoms with E-state index in [2.05, 4.69) is 48.3 Å². The Morgan fingerprint density at radius 3 is 2.33 bits per heavy atom. The zero-order valence-electron chi connectivity index (χ0n) is 19.8. The van der Waals surface area contributed by atoms with Crippen LogP contribution >= 0.6 is 0 Å². The molecule has 0 bridgehead atoms. The second-order valence-electron chi connectivity index (χ2n) is 8.77. The van der Waals surface area contributed by atoms with Gasteiger partial charge in [0, 0.05) is 58.2 Å². The first-order chi connectivity index (χ1) is 15.9. The summed E-state index contributed by atoms with van der Waals surface area (Å²) in [5, 5.41) is 2.68. The summed E-state index contributed by atoms with van der Waals surface area (Å²) in [5.74, 6) is -0.433. The van der Waals surface area contributed by atoms with E-state index in [1.165, 1.54) is 0 Å². The van der Waals surface area contributed by atoms with Crippen LogP contribution in [0.2, 0.25) is 0 Å². The van der Waals surface area contributed by atoms with Crippen LogP contribution in [0.1, 0.15) is 47.1 Å². The SMILES string of the molecule is CCNC(=O)c1cn(CC(C)C)cc(C(=O)N2CCN(C/C=C/c3ccccc3)CC2)c1=O. The Hall–Kier alpha value is -3.19. The summed E-state index contributed by atoms with van der Waals surface area (Å²) in [7, 11) is 0. The maximum absolute atomic E-state index is 13.2. The Balaban J connectivity index is 1.69. The molecule has 0 unspecified atom stereocenters. The van der Waals surface area contributed by atoms with Crippen LogP contribution in [-0.2, 0) is 6.54 Å². The highest BCUT2D eigenvalue weighted by molar-refractivity contribution is 5.99. The standard InChI is InChI=1S/C26H34N4O3/c1-4-27-25(32)22-18-29(17-20(2)3)19-23(24(22)31)26(33)30-15-13-28(14-16-30)12-8-11-21-9-6-5-7-10-21/h5-11,18-20H,4,12-17H2,1-3H3,(H,27,32)/b11-8+. The van der Waals surface area contributed by atoms with Gasteiger partial charge in [0.1, 0.15) is 11.1 Å². The predicted molar refractivity (Wildman–Crippen MR) is 131 cm³/mol. The molecule has 1 N–H and O–H groups in total. The fourth-order valence-electron chi connectivity index (χ4n) is 3.93. The number of hydrogen-bond acceptors (Lipinski definition) is 4. The van der Waals surface area contributed by atoms with Crippen molar-refractivity contribution in [3.63, 3.8) is 0 Å². The van der Waals surface area contributed by atoms with Crippen molar-refractivity contribution in [3.8, 4) is 0 Å². The van der Waals surface area contributed by atoms with Gasteiger partial charge in [-0.1, -0.05) is 56.3 Å². The second-order valence-corrected chi connectivity index (χ2v) is 8.77. The number of rotatable bonds is 8. The van der Waals surface area contributed by atoms with Crippen LogP contribution in [0.3, 0.4) is 0 Å². The molecule has 0 spiro atoms. The number of carbonyl (C=O) groups excluding carboxylic acids is 2. The van der Waals surface area contributed by atoms with Gasteiger partial charge < -0.3 is 14.8 Å². The molecule has 2 aromatic rings. The Bertz CT molecular complexity index is 1040. The maximum atomic E-state index is 13.2. The molecule has 1 aliphatic heterocycles. The first kappa shape index (κ1) is 24.5. The molecule has 1 saturated heterocycles. The van der Waals surface area contributed by atoms with E-state index in [4.69, 9.17) is 0 Å². The van der Waals surface area contributed by atoms with Crippen molar-refractivity contribution in [2.45, 2.75) is 27.3 Å². The van der Waals surface area contributed by atoms with Crippen LogP contribution in [0.4, 0.5) is 0 Å². The summed E-state index contributed by atoms with van der Waals surface area (Å²) >= 11 is 0. The summed E-state index contributed by atoms with van der Waals surface area (Å²) < 4.78 is 1.79. The van der Waals surface area contributed by atoms with Crippen LogP contribution < -0.4 is 10.7 Å². The van der Waals surface area contributed by atoms with Crippen LogP contribution in [0, 0.1) is 5.92 Å². The molecule has 2 amide bonds. The van der Waals surface area contributed by atoms with Gasteiger partial charge >= 0.3 is 0 Å². The lowest BCUT2D eigenvalue weighted by atomic mass is 10.1. The van der Waals surface area contributed by atoms with Crippen molar-refractivity contribution < 1.29 is 9.59 Å². The summed E-state index contributed by atoms with van der Waals surface area (Å²) in [6.45, 7) is 10.3. The second kappa shape index (κ2) is 11.6. The van der Waals surface area contributed by atoms with E-state index in [0.29, 0.717) is 32.1 Å². The molecule has 3 rings (SSSR count). The number of hydrogen-bond donors (Lipinski definition) is 1. The smallest absolute Gasteiger partial charge is 0.259 e. The molecule has 0 saturated carbocycles. The van der Waals surface area contributed by atoms with Crippen molar-refractivity contribution in [1.29, 1.82) is 0 Å². The third kappa shape index (κ3) is 6.65. The average Bonchev–Trinajstić information content (AvgIpc) is 2.80. The van der Waals surface area contributed by atoms with Crippen molar-refractivity contribution in [3.05, 3.63) is 75.7 Å². The summed E-state index contributed by atoms with van der Waals surface area (Å²) in [6, 6.07) is 10.2. The largest absolute Gasteiger partial charge is 0.352 e. The molecule has 2 heterocycles. The topological polar surface area (TPSA) is 74.7 Å². The Morgan fingerprint density at radius 1 is 1.03 bits per heavy atom. The molecule has 1 aromatic carbocycles. The molecule has 7 heteroatoms. The number of aromatic nitrogens is 1. The monoisotopic (exact) mass is 450 g/mol. The molecule has 1 fully saturated rings. The van der Waals surface area contributed by atoms with Gasteiger partial charge in [-0.15, -0.1) is 0 Å². The molecule has 0 atom stereocenters. The summed E-state index contributed by atoms with van der Waals surface area (Å²) in [4.78, 5) is 42.7. The van der Waals surface area contributed by atoms with E-state index in [1.807, 2.05) is 18.2 Å². The minimum Gasteiger partial charge on any atom is -0.352 e. The molecular formula is C26H34N4O3. The van der Waals surface area contributed by atoms with E-state index < -0.39 is 11.3 Å². The quantitative estimate of drug-likeness (QED) is 0.671. The number of benzene rings is 1. The van der Waals surface area contributed by atoms with E-state index in [1.54, 1.807) is 28.8 Å². The van der Waals surface area contributed by atoms with Gasteiger partial charge in [-0.05, 0) is 18.4 Å². The van der Waals surface area contributed by atoms with Gasteiger partial charge in [0.25, 0.3) is 11.8 Å². The fraction of sp³-hybridized carbons (Fsp3) is 0.423. The number of nitrogens with zero attached hydrogens (tertiary/aromatic N) is 3. The van der Waals surface area contributed by atoms with Gasteiger partial charge in [-0.3, -0.25) is 19.3 Å². The molecule has 0 radical (unpaired) electrons. The van der Waals surface area contributed by atoms with Gasteiger partial charge in [0.05, 0.1) is 0 Å². The highest BCUT2D eigenvalue weighted by Crippen LogP contribution is 2.10. The molecule has 1 aromatic heterocycles. The lowest BCUT2D eigenvalue weighted by Crippen LogP contribution is -2.49. The normalized spacial score (nSPS) is 14.7. The molecule has 0 aliphatic carbocycles. The lowest BCUT2D eigenvalue weighted by molar-refractivity contribution is 0.0648. The lowest BCUT2D eigenvalue weighted by Gasteiger charge is -2.34. The maximum Gasteiger partial charge on any atom is 0.259 e. The van der Waals surface area contributed by atoms with E-state index in [9.17, 15) is 14.4 Å². The number of amides is 2. The zero-order chi connectivity index (χ0) is 23.8. The molecule has 176 valence electrons. The summed E-state index contributed by atoms with van der Waals surface area (Å²) in [6.07, 6.45) is 7.39. The van der Waals surface area contributed by atoms with Crippen molar-refractivity contribution >= 4 is 17.9 Å². The van der Waals surface area contributed by atoms with Crippen molar-refractivity contribution in [1.82, 2.24) is 19.7 Å². The summed E-state index contributed by atoms with van der Waals surface area (Å²) in [5.41, 5.74) is 0.750.